The fourth-order valence-corrected chi connectivity index (χ4v) is 4.09. The second kappa shape index (κ2) is 4.38. The Hall–Kier alpha value is -0.820. The molecule has 3 aliphatic carbocycles. The van der Waals surface area contributed by atoms with Crippen molar-refractivity contribution in [2.45, 2.75) is 62.8 Å². The van der Waals surface area contributed by atoms with E-state index in [1.807, 2.05) is 0 Å². The summed E-state index contributed by atoms with van der Waals surface area (Å²) in [6, 6.07) is 9.46. The molecule has 1 aromatic rings. The Kier molecular flexibility index (Phi) is 2.97. The Balaban J connectivity index is 1.84. The molecule has 0 atom stereocenters. The molecule has 1 nitrogen and oxygen atoms in total. The van der Waals surface area contributed by atoms with E-state index in [1.165, 1.54) is 44.1 Å². The number of hydrogen-bond acceptors (Lipinski definition) is 1. The van der Waals surface area contributed by atoms with E-state index >= 15 is 0 Å². The van der Waals surface area contributed by atoms with Gasteiger partial charge in [0.25, 0.3) is 0 Å². The molecule has 0 radical (unpaired) electrons. The fraction of sp³-hybridized carbons (Fsp3) is 0.647. The molecule has 0 aromatic heterocycles. The first-order valence-corrected chi connectivity index (χ1v) is 7.50. The summed E-state index contributed by atoms with van der Waals surface area (Å²) < 4.78 is 0. The van der Waals surface area contributed by atoms with E-state index in [2.05, 4.69) is 43.6 Å². The van der Waals surface area contributed by atoms with Gasteiger partial charge >= 0.3 is 0 Å². The Morgan fingerprint density at radius 3 is 1.94 bits per heavy atom. The van der Waals surface area contributed by atoms with Gasteiger partial charge in [-0.25, -0.2) is 0 Å². The standard InChI is InChI=1S/C17H25N/c1-3-14-4-6-15(7-5-14)16-8-11-17(18-2,12-9-16)13-10-16/h4-7,18H,3,8-13H2,1-2H3. The van der Waals surface area contributed by atoms with Gasteiger partial charge in [0.2, 0.25) is 0 Å². The summed E-state index contributed by atoms with van der Waals surface area (Å²) in [7, 11) is 2.15. The predicted molar refractivity (Wildman–Crippen MR) is 77.0 cm³/mol. The summed E-state index contributed by atoms with van der Waals surface area (Å²) in [5, 5.41) is 3.59. The van der Waals surface area contributed by atoms with E-state index in [4.69, 9.17) is 0 Å². The summed E-state index contributed by atoms with van der Waals surface area (Å²) in [6.45, 7) is 2.23. The van der Waals surface area contributed by atoms with Gasteiger partial charge in [-0.05, 0) is 68.5 Å². The lowest BCUT2D eigenvalue weighted by Gasteiger charge is -2.54. The molecule has 1 N–H and O–H groups in total. The highest BCUT2D eigenvalue weighted by Gasteiger charge is 2.48. The summed E-state index contributed by atoms with van der Waals surface area (Å²) in [6.07, 6.45) is 9.35. The van der Waals surface area contributed by atoms with Crippen molar-refractivity contribution in [3.05, 3.63) is 35.4 Å². The molecule has 4 rings (SSSR count). The minimum Gasteiger partial charge on any atom is -0.314 e. The number of rotatable bonds is 3. The predicted octanol–water partition coefficient (Wildman–Crippen LogP) is 3.81. The fourth-order valence-electron chi connectivity index (χ4n) is 4.09. The molecule has 0 aliphatic heterocycles. The molecule has 3 fully saturated rings. The van der Waals surface area contributed by atoms with Crippen molar-refractivity contribution in [1.82, 2.24) is 5.32 Å². The first-order chi connectivity index (χ1) is 8.72. The zero-order chi connectivity index (χ0) is 12.6. The van der Waals surface area contributed by atoms with E-state index in [1.54, 1.807) is 5.56 Å². The van der Waals surface area contributed by atoms with Crippen LogP contribution >= 0.6 is 0 Å². The quantitative estimate of drug-likeness (QED) is 0.851. The maximum Gasteiger partial charge on any atom is 0.0179 e. The topological polar surface area (TPSA) is 12.0 Å². The molecular weight excluding hydrogens is 218 g/mol. The molecular formula is C17H25N. The molecule has 98 valence electrons. The third-order valence-electron chi connectivity index (χ3n) is 5.75. The molecule has 0 amide bonds. The number of hydrogen-bond donors (Lipinski definition) is 1. The molecule has 3 aliphatic rings. The maximum absolute atomic E-state index is 3.59. The molecule has 18 heavy (non-hydrogen) atoms. The smallest absolute Gasteiger partial charge is 0.0179 e. The highest BCUT2D eigenvalue weighted by molar-refractivity contribution is 5.32. The number of aryl methyl sites for hydroxylation is 1. The van der Waals surface area contributed by atoms with Crippen molar-refractivity contribution in [3.63, 3.8) is 0 Å². The van der Waals surface area contributed by atoms with Crippen LogP contribution in [0.25, 0.3) is 0 Å². The second-order valence-corrected chi connectivity index (χ2v) is 6.36. The number of nitrogens with one attached hydrogen (secondary N) is 1. The average molecular weight is 243 g/mol. The van der Waals surface area contributed by atoms with Crippen LogP contribution in [0.15, 0.2) is 24.3 Å². The maximum atomic E-state index is 3.59. The zero-order valence-electron chi connectivity index (χ0n) is 11.8. The van der Waals surface area contributed by atoms with Crippen LogP contribution in [0.1, 0.15) is 56.6 Å². The third kappa shape index (κ3) is 1.80. The van der Waals surface area contributed by atoms with Crippen LogP contribution < -0.4 is 5.32 Å². The van der Waals surface area contributed by atoms with E-state index in [9.17, 15) is 0 Å². The summed E-state index contributed by atoms with van der Waals surface area (Å²) >= 11 is 0. The lowest BCUT2D eigenvalue weighted by atomic mass is 9.55. The Labute approximate surface area is 111 Å². The van der Waals surface area contributed by atoms with Crippen molar-refractivity contribution >= 4 is 0 Å². The van der Waals surface area contributed by atoms with Crippen molar-refractivity contribution < 1.29 is 0 Å². The molecule has 0 unspecified atom stereocenters. The lowest BCUT2D eigenvalue weighted by molar-refractivity contribution is 0.0835. The van der Waals surface area contributed by atoms with Crippen LogP contribution in [0.4, 0.5) is 0 Å². The molecule has 0 heterocycles. The van der Waals surface area contributed by atoms with Crippen LogP contribution in [0.2, 0.25) is 0 Å². The minimum absolute atomic E-state index is 0.477. The van der Waals surface area contributed by atoms with Gasteiger partial charge in [0.15, 0.2) is 0 Å². The molecule has 1 heteroatoms. The molecule has 3 saturated carbocycles. The van der Waals surface area contributed by atoms with Gasteiger partial charge in [-0.3, -0.25) is 0 Å². The SMILES string of the molecule is CCc1ccc(C23CCC(NC)(CC2)CC3)cc1. The summed E-state index contributed by atoms with van der Waals surface area (Å²) in [4.78, 5) is 0. The van der Waals surface area contributed by atoms with Crippen LogP contribution in [-0.2, 0) is 11.8 Å². The summed E-state index contributed by atoms with van der Waals surface area (Å²) in [5.74, 6) is 0. The highest BCUT2D eigenvalue weighted by atomic mass is 15.0. The first-order valence-electron chi connectivity index (χ1n) is 7.50. The minimum atomic E-state index is 0.477. The Bertz CT molecular complexity index is 393. The van der Waals surface area contributed by atoms with Crippen LogP contribution in [0, 0.1) is 0 Å². The highest BCUT2D eigenvalue weighted by Crippen LogP contribution is 2.53. The van der Waals surface area contributed by atoms with Crippen molar-refractivity contribution in [1.29, 1.82) is 0 Å². The van der Waals surface area contributed by atoms with Crippen molar-refractivity contribution in [2.24, 2.45) is 0 Å². The van der Waals surface area contributed by atoms with Gasteiger partial charge in [-0.1, -0.05) is 31.2 Å². The number of benzene rings is 1. The van der Waals surface area contributed by atoms with E-state index < -0.39 is 0 Å². The molecule has 0 saturated heterocycles. The van der Waals surface area contributed by atoms with Gasteiger partial charge in [0.1, 0.15) is 0 Å². The summed E-state index contributed by atoms with van der Waals surface area (Å²) in [5.41, 5.74) is 4.05. The van der Waals surface area contributed by atoms with E-state index in [0.717, 1.165) is 6.42 Å². The Morgan fingerprint density at radius 2 is 1.50 bits per heavy atom. The van der Waals surface area contributed by atoms with Crippen LogP contribution in [-0.4, -0.2) is 12.6 Å². The van der Waals surface area contributed by atoms with Gasteiger partial charge in [-0.2, -0.15) is 0 Å². The zero-order valence-corrected chi connectivity index (χ0v) is 11.8. The van der Waals surface area contributed by atoms with Gasteiger partial charge in [-0.15, -0.1) is 0 Å². The third-order valence-corrected chi connectivity index (χ3v) is 5.75. The van der Waals surface area contributed by atoms with Crippen molar-refractivity contribution in [2.75, 3.05) is 7.05 Å². The monoisotopic (exact) mass is 243 g/mol. The van der Waals surface area contributed by atoms with E-state index in [-0.39, 0.29) is 0 Å². The van der Waals surface area contributed by atoms with Crippen molar-refractivity contribution in [3.8, 4) is 0 Å². The Morgan fingerprint density at radius 1 is 0.944 bits per heavy atom. The number of fused-ring (bicyclic) bond motifs is 3. The average Bonchev–Trinajstić information content (AvgIpc) is 2.49. The molecule has 1 aromatic carbocycles. The normalized spacial score (nSPS) is 34.8. The largest absolute Gasteiger partial charge is 0.314 e. The van der Waals surface area contributed by atoms with Gasteiger partial charge in [0.05, 0.1) is 0 Å². The second-order valence-electron chi connectivity index (χ2n) is 6.36. The van der Waals surface area contributed by atoms with E-state index in [0.29, 0.717) is 11.0 Å². The van der Waals surface area contributed by atoms with Gasteiger partial charge < -0.3 is 5.32 Å². The first kappa shape index (κ1) is 12.2. The van der Waals surface area contributed by atoms with Crippen LogP contribution in [0.3, 0.4) is 0 Å². The van der Waals surface area contributed by atoms with Crippen LogP contribution in [0.5, 0.6) is 0 Å². The van der Waals surface area contributed by atoms with Gasteiger partial charge in [0, 0.05) is 5.54 Å². The lowest BCUT2D eigenvalue weighted by Crippen LogP contribution is -2.54. The molecule has 2 bridgehead atoms. The molecule has 0 spiro atoms.